The van der Waals surface area contributed by atoms with Crippen LogP contribution in [0.15, 0.2) is 6.07 Å². The minimum Gasteiger partial charge on any atom is -0.320 e. The van der Waals surface area contributed by atoms with Crippen LogP contribution in [0.3, 0.4) is 0 Å². The van der Waals surface area contributed by atoms with Crippen LogP contribution in [0.25, 0.3) is 0 Å². The number of amides is 1. The van der Waals surface area contributed by atoms with E-state index >= 15 is 0 Å². The molecule has 1 aromatic heterocycles. The van der Waals surface area contributed by atoms with Gasteiger partial charge in [-0.25, -0.2) is 0 Å². The van der Waals surface area contributed by atoms with Crippen LogP contribution in [0.5, 0.6) is 0 Å². The van der Waals surface area contributed by atoms with Gasteiger partial charge in [-0.1, -0.05) is 20.8 Å². The van der Waals surface area contributed by atoms with E-state index in [1.54, 1.807) is 0 Å². The van der Waals surface area contributed by atoms with E-state index in [0.29, 0.717) is 18.2 Å². The normalized spacial score (nSPS) is 12.9. The number of nitrogens with two attached hydrogens (primary N) is 1. The Bertz CT molecular complexity index is 332. The fourth-order valence-corrected chi connectivity index (χ4v) is 1.10. The van der Waals surface area contributed by atoms with Gasteiger partial charge in [0, 0.05) is 11.8 Å². The van der Waals surface area contributed by atoms with E-state index in [-0.39, 0.29) is 5.91 Å². The molecular weight excluding hydrogens is 192 g/mol. The molecule has 0 radical (unpaired) electrons. The Morgan fingerprint density at radius 2 is 2.33 bits per heavy atom. The summed E-state index contributed by atoms with van der Waals surface area (Å²) in [6, 6.07) is 1.36. The first kappa shape index (κ1) is 11.7. The highest BCUT2D eigenvalue weighted by atomic mass is 16.2. The standard InChI is InChI=1S/C10H18N4O/c1-4-7(11)10(15)12-9-5-8(6(2)3)13-14-9/h5-7H,4,11H2,1-3H3,(H2,12,13,14,15). The van der Waals surface area contributed by atoms with Gasteiger partial charge in [0.25, 0.3) is 0 Å². The fourth-order valence-electron chi connectivity index (χ4n) is 1.10. The third-order valence-corrected chi connectivity index (χ3v) is 2.25. The highest BCUT2D eigenvalue weighted by molar-refractivity contribution is 5.93. The summed E-state index contributed by atoms with van der Waals surface area (Å²) in [6.45, 7) is 5.97. The Morgan fingerprint density at radius 3 is 2.80 bits per heavy atom. The third-order valence-electron chi connectivity index (χ3n) is 2.25. The number of anilines is 1. The Kier molecular flexibility index (Phi) is 3.85. The van der Waals surface area contributed by atoms with Crippen LogP contribution in [-0.2, 0) is 4.79 Å². The van der Waals surface area contributed by atoms with Crippen LogP contribution in [-0.4, -0.2) is 22.1 Å². The van der Waals surface area contributed by atoms with Gasteiger partial charge in [-0.3, -0.25) is 9.89 Å². The predicted molar refractivity (Wildman–Crippen MR) is 59.6 cm³/mol. The van der Waals surface area contributed by atoms with E-state index in [9.17, 15) is 4.79 Å². The van der Waals surface area contributed by atoms with Crippen molar-refractivity contribution in [1.82, 2.24) is 10.2 Å². The molecule has 0 aliphatic carbocycles. The molecule has 0 saturated heterocycles. The highest BCUT2D eigenvalue weighted by Crippen LogP contribution is 2.14. The summed E-state index contributed by atoms with van der Waals surface area (Å²) < 4.78 is 0. The maximum absolute atomic E-state index is 11.4. The van der Waals surface area contributed by atoms with Crippen LogP contribution < -0.4 is 11.1 Å². The molecule has 5 heteroatoms. The Hall–Kier alpha value is -1.36. The average Bonchev–Trinajstić information content (AvgIpc) is 2.65. The Balaban J connectivity index is 2.61. The van der Waals surface area contributed by atoms with Crippen molar-refractivity contribution in [3.8, 4) is 0 Å². The smallest absolute Gasteiger partial charge is 0.242 e. The molecule has 15 heavy (non-hydrogen) atoms. The van der Waals surface area contributed by atoms with Crippen molar-refractivity contribution in [3.05, 3.63) is 11.8 Å². The fraction of sp³-hybridized carbons (Fsp3) is 0.600. The lowest BCUT2D eigenvalue weighted by molar-refractivity contribution is -0.117. The number of H-pyrrole nitrogens is 1. The van der Waals surface area contributed by atoms with Gasteiger partial charge in [-0.05, 0) is 12.3 Å². The average molecular weight is 210 g/mol. The number of hydrogen-bond acceptors (Lipinski definition) is 3. The minimum absolute atomic E-state index is 0.195. The van der Waals surface area contributed by atoms with Gasteiger partial charge in [-0.15, -0.1) is 0 Å². The van der Waals surface area contributed by atoms with Crippen LogP contribution in [0.1, 0.15) is 38.8 Å². The number of rotatable bonds is 4. The molecule has 1 heterocycles. The van der Waals surface area contributed by atoms with Crippen LogP contribution in [0.4, 0.5) is 5.82 Å². The lowest BCUT2D eigenvalue weighted by atomic mass is 10.1. The van der Waals surface area contributed by atoms with Crippen molar-refractivity contribution in [2.75, 3.05) is 5.32 Å². The second-order valence-corrected chi connectivity index (χ2v) is 3.87. The maximum Gasteiger partial charge on any atom is 0.242 e. The molecule has 1 atom stereocenters. The predicted octanol–water partition coefficient (Wildman–Crippen LogP) is 1.21. The first-order chi connectivity index (χ1) is 7.04. The summed E-state index contributed by atoms with van der Waals surface area (Å²) in [5.74, 6) is 0.704. The van der Waals surface area contributed by atoms with E-state index in [2.05, 4.69) is 29.4 Å². The number of carbonyl (C=O) groups excluding carboxylic acids is 1. The molecule has 0 fully saturated rings. The molecule has 4 N–H and O–H groups in total. The summed E-state index contributed by atoms with van der Waals surface area (Å²) in [4.78, 5) is 11.4. The number of carbonyl (C=O) groups is 1. The number of nitrogens with one attached hydrogen (secondary N) is 2. The van der Waals surface area contributed by atoms with Crippen molar-refractivity contribution >= 4 is 11.7 Å². The van der Waals surface area contributed by atoms with Gasteiger partial charge in [0.05, 0.1) is 6.04 Å². The second-order valence-electron chi connectivity index (χ2n) is 3.87. The molecule has 0 spiro atoms. The summed E-state index contributed by atoms with van der Waals surface area (Å²) in [7, 11) is 0. The second kappa shape index (κ2) is 4.93. The Labute approximate surface area is 89.4 Å². The van der Waals surface area contributed by atoms with E-state index in [1.807, 2.05) is 13.0 Å². The molecule has 1 rings (SSSR count). The van der Waals surface area contributed by atoms with Gasteiger partial charge in [0.2, 0.25) is 5.91 Å². The van der Waals surface area contributed by atoms with Gasteiger partial charge < -0.3 is 11.1 Å². The molecule has 0 bridgehead atoms. The summed E-state index contributed by atoms with van der Waals surface area (Å²) in [6.07, 6.45) is 0.618. The van der Waals surface area contributed by atoms with Crippen LogP contribution in [0, 0.1) is 0 Å². The zero-order chi connectivity index (χ0) is 11.4. The van der Waals surface area contributed by atoms with Crippen molar-refractivity contribution < 1.29 is 4.79 Å². The molecule has 0 aliphatic heterocycles. The molecule has 1 unspecified atom stereocenters. The number of aromatic amines is 1. The van der Waals surface area contributed by atoms with Gasteiger partial charge in [0.15, 0.2) is 5.82 Å². The molecule has 84 valence electrons. The van der Waals surface area contributed by atoms with Crippen molar-refractivity contribution in [3.63, 3.8) is 0 Å². The van der Waals surface area contributed by atoms with E-state index in [1.165, 1.54) is 0 Å². The lowest BCUT2D eigenvalue weighted by Crippen LogP contribution is -2.34. The van der Waals surface area contributed by atoms with E-state index in [0.717, 1.165) is 5.69 Å². The summed E-state index contributed by atoms with van der Waals surface area (Å²) in [5, 5.41) is 9.51. The van der Waals surface area contributed by atoms with Crippen molar-refractivity contribution in [2.24, 2.45) is 5.73 Å². The minimum atomic E-state index is -0.468. The lowest BCUT2D eigenvalue weighted by Gasteiger charge is -2.06. The molecule has 0 aromatic carbocycles. The SMILES string of the molecule is CCC(N)C(=O)Nc1cc(C(C)C)[nH]n1. The molecule has 0 aliphatic rings. The van der Waals surface area contributed by atoms with E-state index < -0.39 is 6.04 Å². The third kappa shape index (κ3) is 3.06. The molecule has 0 saturated carbocycles. The first-order valence-corrected chi connectivity index (χ1v) is 5.16. The van der Waals surface area contributed by atoms with Gasteiger partial charge in [-0.2, -0.15) is 5.10 Å². The zero-order valence-electron chi connectivity index (χ0n) is 9.37. The van der Waals surface area contributed by atoms with Gasteiger partial charge in [0.1, 0.15) is 0 Å². The quantitative estimate of drug-likeness (QED) is 0.698. The summed E-state index contributed by atoms with van der Waals surface area (Å²) in [5.41, 5.74) is 6.58. The zero-order valence-corrected chi connectivity index (χ0v) is 9.37. The number of hydrogen-bond donors (Lipinski definition) is 3. The topological polar surface area (TPSA) is 83.8 Å². The molecule has 1 amide bonds. The molecule has 5 nitrogen and oxygen atoms in total. The molecular formula is C10H18N4O. The van der Waals surface area contributed by atoms with Crippen molar-refractivity contribution in [1.29, 1.82) is 0 Å². The largest absolute Gasteiger partial charge is 0.320 e. The van der Waals surface area contributed by atoms with Crippen LogP contribution >= 0.6 is 0 Å². The summed E-state index contributed by atoms with van der Waals surface area (Å²) >= 11 is 0. The van der Waals surface area contributed by atoms with Crippen LogP contribution in [0.2, 0.25) is 0 Å². The number of aromatic nitrogens is 2. The monoisotopic (exact) mass is 210 g/mol. The molecule has 1 aromatic rings. The highest BCUT2D eigenvalue weighted by Gasteiger charge is 2.13. The van der Waals surface area contributed by atoms with Gasteiger partial charge >= 0.3 is 0 Å². The van der Waals surface area contributed by atoms with E-state index in [4.69, 9.17) is 5.73 Å². The van der Waals surface area contributed by atoms with Crippen molar-refractivity contribution in [2.45, 2.75) is 39.2 Å². The maximum atomic E-state index is 11.4. The Morgan fingerprint density at radius 1 is 1.67 bits per heavy atom. The number of nitrogens with zero attached hydrogens (tertiary/aromatic N) is 1. The first-order valence-electron chi connectivity index (χ1n) is 5.16.